The highest BCUT2D eigenvalue weighted by Gasteiger charge is 2.30. The largest absolute Gasteiger partial charge is 0.480 e. The number of nitrogens with one attached hydrogen (secondary N) is 1. The zero-order valence-corrected chi connectivity index (χ0v) is 11.2. The second-order valence-corrected chi connectivity index (χ2v) is 5.25. The summed E-state index contributed by atoms with van der Waals surface area (Å²) in [7, 11) is 0. The minimum Gasteiger partial charge on any atom is -0.480 e. The van der Waals surface area contributed by atoms with Crippen LogP contribution < -0.4 is 5.32 Å². The lowest BCUT2D eigenvalue weighted by Gasteiger charge is -2.14. The van der Waals surface area contributed by atoms with Crippen LogP contribution in [0, 0.1) is 5.92 Å². The van der Waals surface area contributed by atoms with E-state index in [1.807, 2.05) is 0 Å². The number of aliphatic carboxylic acids is 1. The fraction of sp³-hybridized carbons (Fsp3) is 0.417. The zero-order valence-electron chi connectivity index (χ0n) is 9.60. The number of hydrogen-bond donors (Lipinski definition) is 2. The van der Waals surface area contributed by atoms with Gasteiger partial charge in [0.05, 0.1) is 5.56 Å². The van der Waals surface area contributed by atoms with Crippen molar-refractivity contribution in [3.8, 4) is 0 Å². The van der Waals surface area contributed by atoms with E-state index in [4.69, 9.17) is 5.11 Å². The summed E-state index contributed by atoms with van der Waals surface area (Å²) in [4.78, 5) is 26.9. The lowest BCUT2D eigenvalue weighted by molar-refractivity contribution is -0.139. The van der Waals surface area contributed by atoms with Crippen LogP contribution in [0.3, 0.4) is 0 Å². The topological polar surface area (TPSA) is 79.3 Å². The molecular weight excluding hydrogens is 300 g/mol. The lowest BCUT2D eigenvalue weighted by Crippen LogP contribution is -2.41. The average Bonchev–Trinajstić information content (AvgIpc) is 3.12. The Bertz CT molecular complexity index is 474. The molecule has 2 rings (SSSR count). The fourth-order valence-corrected chi connectivity index (χ4v) is 2.13. The molecular formula is C12H13BrN2O3. The average molecular weight is 313 g/mol. The van der Waals surface area contributed by atoms with Crippen LogP contribution in [0.1, 0.15) is 29.6 Å². The number of carboxylic acids is 1. The van der Waals surface area contributed by atoms with E-state index in [-0.39, 0.29) is 0 Å². The van der Waals surface area contributed by atoms with Crippen molar-refractivity contribution < 1.29 is 14.7 Å². The Morgan fingerprint density at radius 2 is 2.28 bits per heavy atom. The van der Waals surface area contributed by atoms with Crippen LogP contribution in [-0.4, -0.2) is 28.0 Å². The number of hydrogen-bond acceptors (Lipinski definition) is 3. The van der Waals surface area contributed by atoms with E-state index in [2.05, 4.69) is 26.2 Å². The second kappa shape index (κ2) is 5.48. The highest BCUT2D eigenvalue weighted by Crippen LogP contribution is 2.33. The number of pyridine rings is 1. The van der Waals surface area contributed by atoms with Gasteiger partial charge in [-0.15, -0.1) is 0 Å². The normalized spacial score (nSPS) is 16.1. The van der Waals surface area contributed by atoms with Gasteiger partial charge < -0.3 is 10.4 Å². The highest BCUT2D eigenvalue weighted by atomic mass is 79.9. The molecule has 6 heteroatoms. The molecule has 5 nitrogen and oxygen atoms in total. The van der Waals surface area contributed by atoms with Crippen LogP contribution in [-0.2, 0) is 4.79 Å². The quantitative estimate of drug-likeness (QED) is 0.869. The third-order valence-corrected chi connectivity index (χ3v) is 3.52. The van der Waals surface area contributed by atoms with Gasteiger partial charge in [-0.2, -0.15) is 0 Å². The zero-order chi connectivity index (χ0) is 13.1. The van der Waals surface area contributed by atoms with Gasteiger partial charge in [0, 0.05) is 16.9 Å². The molecule has 0 saturated heterocycles. The summed E-state index contributed by atoms with van der Waals surface area (Å²) >= 11 is 3.22. The Morgan fingerprint density at radius 3 is 2.83 bits per heavy atom. The van der Waals surface area contributed by atoms with E-state index in [0.29, 0.717) is 22.4 Å². The van der Waals surface area contributed by atoms with E-state index < -0.39 is 17.9 Å². The standard InChI is InChI=1S/C12H13BrN2O3/c13-9-6-14-4-3-8(9)11(16)15-10(12(17)18)5-7-1-2-7/h3-4,6-7,10H,1-2,5H2,(H,15,16)(H,17,18). The lowest BCUT2D eigenvalue weighted by atomic mass is 10.1. The van der Waals surface area contributed by atoms with Gasteiger partial charge in [0.2, 0.25) is 0 Å². The number of carbonyl (C=O) groups excluding carboxylic acids is 1. The van der Waals surface area contributed by atoms with Crippen LogP contribution in [0.2, 0.25) is 0 Å². The molecule has 0 aliphatic heterocycles. The summed E-state index contributed by atoms with van der Waals surface area (Å²) in [6.45, 7) is 0. The van der Waals surface area contributed by atoms with Gasteiger partial charge in [-0.3, -0.25) is 9.78 Å². The SMILES string of the molecule is O=C(NC(CC1CC1)C(=O)O)c1ccncc1Br. The Hall–Kier alpha value is -1.43. The molecule has 96 valence electrons. The molecule has 1 amide bonds. The molecule has 1 aromatic rings. The number of aromatic nitrogens is 1. The molecule has 1 unspecified atom stereocenters. The smallest absolute Gasteiger partial charge is 0.326 e. The second-order valence-electron chi connectivity index (χ2n) is 4.40. The third-order valence-electron chi connectivity index (χ3n) is 2.89. The Morgan fingerprint density at radius 1 is 1.56 bits per heavy atom. The van der Waals surface area contributed by atoms with Gasteiger partial charge in [0.25, 0.3) is 5.91 Å². The van der Waals surface area contributed by atoms with Crippen molar-refractivity contribution in [2.24, 2.45) is 5.92 Å². The summed E-state index contributed by atoms with van der Waals surface area (Å²) < 4.78 is 0.554. The maximum atomic E-state index is 12.0. The molecule has 0 aromatic carbocycles. The van der Waals surface area contributed by atoms with Gasteiger partial charge in [-0.25, -0.2) is 4.79 Å². The Balaban J connectivity index is 2.04. The summed E-state index contributed by atoms with van der Waals surface area (Å²) in [6.07, 6.45) is 5.61. The van der Waals surface area contributed by atoms with Gasteiger partial charge in [0.1, 0.15) is 6.04 Å². The van der Waals surface area contributed by atoms with Crippen molar-refractivity contribution in [3.05, 3.63) is 28.5 Å². The molecule has 0 spiro atoms. The van der Waals surface area contributed by atoms with Crippen molar-refractivity contribution >= 4 is 27.8 Å². The van der Waals surface area contributed by atoms with Crippen LogP contribution in [0.5, 0.6) is 0 Å². The molecule has 1 aliphatic rings. The van der Waals surface area contributed by atoms with Crippen LogP contribution in [0.15, 0.2) is 22.9 Å². The van der Waals surface area contributed by atoms with Crippen LogP contribution >= 0.6 is 15.9 Å². The molecule has 2 N–H and O–H groups in total. The molecule has 0 bridgehead atoms. The Labute approximate surface area is 113 Å². The first-order valence-electron chi connectivity index (χ1n) is 5.71. The maximum Gasteiger partial charge on any atom is 0.326 e. The van der Waals surface area contributed by atoms with E-state index in [0.717, 1.165) is 12.8 Å². The number of nitrogens with zero attached hydrogens (tertiary/aromatic N) is 1. The predicted molar refractivity (Wildman–Crippen MR) is 68.2 cm³/mol. The first-order chi connectivity index (χ1) is 8.58. The fourth-order valence-electron chi connectivity index (χ4n) is 1.70. The van der Waals surface area contributed by atoms with E-state index in [1.165, 1.54) is 12.4 Å². The molecule has 1 heterocycles. The summed E-state index contributed by atoms with van der Waals surface area (Å²) in [5.41, 5.74) is 0.395. The minimum atomic E-state index is -0.986. The van der Waals surface area contributed by atoms with Gasteiger partial charge in [-0.1, -0.05) is 12.8 Å². The first-order valence-corrected chi connectivity index (χ1v) is 6.50. The molecule has 1 fully saturated rings. The summed E-state index contributed by atoms with van der Waals surface area (Å²) in [5, 5.41) is 11.6. The maximum absolute atomic E-state index is 12.0. The molecule has 1 atom stereocenters. The minimum absolute atomic E-state index is 0.391. The van der Waals surface area contributed by atoms with Gasteiger partial charge in [0.15, 0.2) is 0 Å². The highest BCUT2D eigenvalue weighted by molar-refractivity contribution is 9.10. The Kier molecular flexibility index (Phi) is 3.96. The van der Waals surface area contributed by atoms with Crippen molar-refractivity contribution in [1.82, 2.24) is 10.3 Å². The van der Waals surface area contributed by atoms with Crippen molar-refractivity contribution in [2.75, 3.05) is 0 Å². The number of carbonyl (C=O) groups is 2. The van der Waals surface area contributed by atoms with Gasteiger partial charge in [-0.05, 0) is 34.3 Å². The number of rotatable bonds is 5. The third kappa shape index (κ3) is 3.29. The van der Waals surface area contributed by atoms with Crippen LogP contribution in [0.25, 0.3) is 0 Å². The van der Waals surface area contributed by atoms with Crippen LogP contribution in [0.4, 0.5) is 0 Å². The van der Waals surface area contributed by atoms with Gasteiger partial charge >= 0.3 is 5.97 Å². The van der Waals surface area contributed by atoms with Crippen molar-refractivity contribution in [2.45, 2.75) is 25.3 Å². The summed E-state index contributed by atoms with van der Waals surface area (Å²) in [6, 6.07) is 0.736. The predicted octanol–water partition coefficient (Wildman–Crippen LogP) is 1.83. The molecule has 1 saturated carbocycles. The monoisotopic (exact) mass is 312 g/mol. The van der Waals surface area contributed by atoms with E-state index >= 15 is 0 Å². The molecule has 1 aliphatic carbocycles. The molecule has 18 heavy (non-hydrogen) atoms. The van der Waals surface area contributed by atoms with Crippen molar-refractivity contribution in [3.63, 3.8) is 0 Å². The molecule has 1 aromatic heterocycles. The van der Waals surface area contributed by atoms with E-state index in [9.17, 15) is 9.59 Å². The summed E-state index contributed by atoms with van der Waals surface area (Å²) in [5.74, 6) is -0.940. The number of halogens is 1. The number of amides is 1. The number of carboxylic acid groups (broad SMARTS) is 1. The molecule has 0 radical (unpaired) electrons. The van der Waals surface area contributed by atoms with E-state index in [1.54, 1.807) is 6.07 Å². The first kappa shape index (κ1) is 13.0. The van der Waals surface area contributed by atoms with Crippen molar-refractivity contribution in [1.29, 1.82) is 0 Å².